The zero-order chi connectivity index (χ0) is 20.9. The molecular formula is C20H24O9. The maximum absolute atomic E-state index is 13.3. The lowest BCUT2D eigenvalue weighted by Gasteiger charge is -2.46. The van der Waals surface area contributed by atoms with Gasteiger partial charge in [-0.1, -0.05) is 20.8 Å². The fourth-order valence-corrected chi connectivity index (χ4v) is 8.06. The minimum atomic E-state index is -1.97. The van der Waals surface area contributed by atoms with Crippen LogP contribution in [0.5, 0.6) is 0 Å². The number of hydrogen-bond acceptors (Lipinski definition) is 9. The first-order valence-electron chi connectivity index (χ1n) is 10.1. The molecule has 2 aliphatic carbocycles. The molecule has 9 nitrogen and oxygen atoms in total. The molecule has 0 aromatic heterocycles. The van der Waals surface area contributed by atoms with Crippen molar-refractivity contribution in [3.05, 3.63) is 0 Å². The van der Waals surface area contributed by atoms with Crippen LogP contribution in [0.4, 0.5) is 0 Å². The quantitative estimate of drug-likeness (QED) is 0.408. The summed E-state index contributed by atoms with van der Waals surface area (Å²) in [4.78, 5) is 38.1. The largest absolute Gasteiger partial charge is 0.459 e. The van der Waals surface area contributed by atoms with Crippen LogP contribution in [0, 0.1) is 28.1 Å². The number of hydrogen-bond donors (Lipinski definition) is 2. The van der Waals surface area contributed by atoms with Gasteiger partial charge in [0.1, 0.15) is 12.2 Å². The summed E-state index contributed by atoms with van der Waals surface area (Å²) in [6.07, 6.45) is -3.96. The van der Waals surface area contributed by atoms with Crippen molar-refractivity contribution in [3.63, 3.8) is 0 Å². The van der Waals surface area contributed by atoms with Gasteiger partial charge in [-0.15, -0.1) is 0 Å². The van der Waals surface area contributed by atoms with Crippen molar-refractivity contribution in [2.75, 3.05) is 0 Å². The molecule has 4 heterocycles. The zero-order valence-electron chi connectivity index (χ0n) is 16.6. The second kappa shape index (κ2) is 4.48. The minimum Gasteiger partial charge on any atom is -0.459 e. The Balaban J connectivity index is 1.68. The van der Waals surface area contributed by atoms with E-state index in [2.05, 4.69) is 0 Å². The van der Waals surface area contributed by atoms with Gasteiger partial charge in [-0.3, -0.25) is 4.79 Å². The Morgan fingerprint density at radius 1 is 1.03 bits per heavy atom. The van der Waals surface area contributed by atoms with Crippen molar-refractivity contribution >= 4 is 17.9 Å². The molecule has 2 N–H and O–H groups in total. The van der Waals surface area contributed by atoms with Gasteiger partial charge in [0.25, 0.3) is 0 Å². The number of rotatable bonds is 0. The Kier molecular flexibility index (Phi) is 2.79. The molecule has 0 radical (unpaired) electrons. The Labute approximate surface area is 166 Å². The first-order chi connectivity index (χ1) is 13.4. The molecule has 158 valence electrons. The number of carbonyl (C=O) groups excluding carboxylic acids is 3. The van der Waals surface area contributed by atoms with E-state index in [0.29, 0.717) is 6.42 Å². The van der Waals surface area contributed by atoms with Gasteiger partial charge in [0, 0.05) is 6.42 Å². The monoisotopic (exact) mass is 408 g/mol. The van der Waals surface area contributed by atoms with E-state index in [9.17, 15) is 24.6 Å². The lowest BCUT2D eigenvalue weighted by atomic mass is 9.51. The molecule has 6 rings (SSSR count). The topological polar surface area (TPSA) is 129 Å². The van der Waals surface area contributed by atoms with Crippen molar-refractivity contribution < 1.29 is 43.5 Å². The molecule has 6 fully saturated rings. The second-order valence-electron chi connectivity index (χ2n) is 10.6. The standard InChI is InChI=1S/C20H24O9/c1-7-12(22)26-10-6-17-9-5-8(16(2,3)4)18(17)11(21)13(23)28-15(18)29-20(17,14(24)27-9)19(7,10)25/h7-11,15,21,25H,5-6H2,1-4H3/t7-,8-,9+,10-,11-,15-,17+,18-,19-,20-/m0/s1. The average Bonchev–Trinajstić information content (AvgIpc) is 3.31. The number of aliphatic hydroxyl groups is 2. The molecule has 4 saturated heterocycles. The molecular weight excluding hydrogens is 384 g/mol. The van der Waals surface area contributed by atoms with Crippen LogP contribution in [-0.2, 0) is 33.3 Å². The molecule has 0 aromatic rings. The van der Waals surface area contributed by atoms with Gasteiger partial charge in [0.05, 0.1) is 16.7 Å². The van der Waals surface area contributed by atoms with Gasteiger partial charge in [-0.2, -0.15) is 0 Å². The maximum atomic E-state index is 13.3. The molecule has 29 heavy (non-hydrogen) atoms. The van der Waals surface area contributed by atoms with E-state index < -0.39 is 70.5 Å². The van der Waals surface area contributed by atoms with Crippen LogP contribution in [-0.4, -0.2) is 63.9 Å². The highest BCUT2D eigenvalue weighted by Gasteiger charge is 3.01. The van der Waals surface area contributed by atoms with Crippen LogP contribution in [0.2, 0.25) is 0 Å². The minimum absolute atomic E-state index is 0.0623. The molecule has 4 aliphatic heterocycles. The first-order valence-corrected chi connectivity index (χ1v) is 10.1. The van der Waals surface area contributed by atoms with Gasteiger partial charge >= 0.3 is 17.9 Å². The molecule has 2 spiro atoms. The zero-order valence-corrected chi connectivity index (χ0v) is 16.6. The Morgan fingerprint density at radius 3 is 2.38 bits per heavy atom. The highest BCUT2D eigenvalue weighted by Crippen LogP contribution is 2.84. The number of ether oxygens (including phenoxy) is 4. The number of aliphatic hydroxyl groups excluding tert-OH is 1. The second-order valence-corrected chi connectivity index (χ2v) is 10.6. The third kappa shape index (κ3) is 1.35. The van der Waals surface area contributed by atoms with Crippen LogP contribution in [0.15, 0.2) is 0 Å². The highest BCUT2D eigenvalue weighted by atomic mass is 16.8. The smallest absolute Gasteiger partial charge is 0.342 e. The van der Waals surface area contributed by atoms with Gasteiger partial charge in [-0.05, 0) is 24.7 Å². The molecule has 0 aromatic carbocycles. The lowest BCUT2D eigenvalue weighted by Crippen LogP contribution is -2.66. The fourth-order valence-electron chi connectivity index (χ4n) is 8.06. The average molecular weight is 408 g/mol. The van der Waals surface area contributed by atoms with Crippen molar-refractivity contribution in [1.29, 1.82) is 0 Å². The van der Waals surface area contributed by atoms with E-state index in [1.807, 2.05) is 20.8 Å². The molecule has 2 saturated carbocycles. The van der Waals surface area contributed by atoms with Gasteiger partial charge in [-0.25, -0.2) is 9.59 Å². The lowest BCUT2D eigenvalue weighted by molar-refractivity contribution is -0.238. The molecule has 0 amide bonds. The maximum Gasteiger partial charge on any atom is 0.342 e. The summed E-state index contributed by atoms with van der Waals surface area (Å²) in [5, 5.41) is 23.0. The third-order valence-corrected chi connectivity index (χ3v) is 8.97. The molecule has 6 aliphatic rings. The van der Waals surface area contributed by atoms with E-state index in [1.165, 1.54) is 6.92 Å². The van der Waals surface area contributed by atoms with Crippen LogP contribution in [0.25, 0.3) is 0 Å². The molecule has 0 unspecified atom stereocenters. The van der Waals surface area contributed by atoms with Crippen LogP contribution < -0.4 is 0 Å². The number of carbonyl (C=O) groups is 3. The molecule has 10 atom stereocenters. The summed E-state index contributed by atoms with van der Waals surface area (Å²) in [6, 6.07) is 0. The van der Waals surface area contributed by atoms with E-state index >= 15 is 0 Å². The van der Waals surface area contributed by atoms with E-state index in [0.717, 1.165) is 0 Å². The summed E-state index contributed by atoms with van der Waals surface area (Å²) < 4.78 is 22.9. The summed E-state index contributed by atoms with van der Waals surface area (Å²) in [7, 11) is 0. The first kappa shape index (κ1) is 18.1. The summed E-state index contributed by atoms with van der Waals surface area (Å²) in [6.45, 7) is 7.47. The van der Waals surface area contributed by atoms with Gasteiger partial charge in [0.15, 0.2) is 11.7 Å². The van der Waals surface area contributed by atoms with E-state index in [1.54, 1.807) is 0 Å². The predicted octanol–water partition coefficient (Wildman–Crippen LogP) is -0.340. The molecule has 9 heteroatoms. The Morgan fingerprint density at radius 2 is 1.72 bits per heavy atom. The third-order valence-electron chi connectivity index (χ3n) is 8.97. The van der Waals surface area contributed by atoms with Crippen LogP contribution in [0.3, 0.4) is 0 Å². The Bertz CT molecular complexity index is 893. The van der Waals surface area contributed by atoms with Crippen LogP contribution >= 0.6 is 0 Å². The van der Waals surface area contributed by atoms with Crippen molar-refractivity contribution in [2.24, 2.45) is 28.1 Å². The van der Waals surface area contributed by atoms with Gasteiger partial charge < -0.3 is 29.2 Å². The van der Waals surface area contributed by atoms with E-state index in [-0.39, 0.29) is 17.8 Å². The van der Waals surface area contributed by atoms with E-state index in [4.69, 9.17) is 18.9 Å². The van der Waals surface area contributed by atoms with Crippen LogP contribution in [0.1, 0.15) is 40.5 Å². The summed E-state index contributed by atoms with van der Waals surface area (Å²) in [5.74, 6) is -3.52. The summed E-state index contributed by atoms with van der Waals surface area (Å²) >= 11 is 0. The highest BCUT2D eigenvalue weighted by molar-refractivity contribution is 5.93. The Hall–Kier alpha value is -1.71. The van der Waals surface area contributed by atoms with Crippen molar-refractivity contribution in [1.82, 2.24) is 0 Å². The van der Waals surface area contributed by atoms with Crippen molar-refractivity contribution in [2.45, 2.75) is 76.3 Å². The molecule has 0 bridgehead atoms. The SMILES string of the molecule is C[C@H]1C(=O)O[C@H]2C[C@@]34[C@H]5C[C@@H](C(C)(C)C)[C@]36[C@@H](OC(=O)[C@@H]6O)O[C@]4(C(=O)O5)[C@@]21O. The summed E-state index contributed by atoms with van der Waals surface area (Å²) in [5.41, 5.74) is -6.81. The number of esters is 3. The van der Waals surface area contributed by atoms with Crippen molar-refractivity contribution in [3.8, 4) is 0 Å². The number of fused-ring (bicyclic) bond motifs is 1. The fraction of sp³-hybridized carbons (Fsp3) is 0.850. The predicted molar refractivity (Wildman–Crippen MR) is 90.6 cm³/mol. The van der Waals surface area contributed by atoms with Gasteiger partial charge in [0.2, 0.25) is 11.9 Å². The normalized spacial score (nSPS) is 59.2.